The molecule has 0 aliphatic heterocycles. The van der Waals surface area contributed by atoms with Gasteiger partial charge in [-0.1, -0.05) is 19.8 Å². The normalized spacial score (nSPS) is 26.2. The maximum atomic E-state index is 11.4. The van der Waals surface area contributed by atoms with Crippen LogP contribution in [0.1, 0.15) is 43.0 Å². The van der Waals surface area contributed by atoms with Crippen molar-refractivity contribution < 1.29 is 9.90 Å². The van der Waals surface area contributed by atoms with Gasteiger partial charge in [0, 0.05) is 17.9 Å². The van der Waals surface area contributed by atoms with E-state index in [1.54, 1.807) is 18.2 Å². The zero-order valence-corrected chi connectivity index (χ0v) is 11.9. The van der Waals surface area contributed by atoms with E-state index in [1.165, 1.54) is 0 Å². The van der Waals surface area contributed by atoms with E-state index in [-0.39, 0.29) is 0 Å². The second-order valence-corrected chi connectivity index (χ2v) is 5.95. The molecule has 20 heavy (non-hydrogen) atoms. The minimum atomic E-state index is -0.725. The molecule has 0 radical (unpaired) electrons. The Labute approximate surface area is 119 Å². The zero-order valence-electron chi connectivity index (χ0n) is 11.9. The van der Waals surface area contributed by atoms with Gasteiger partial charge < -0.3 is 21.9 Å². The van der Waals surface area contributed by atoms with E-state index in [2.05, 4.69) is 12.2 Å². The maximum Gasteiger partial charge on any atom is 0.250 e. The molecule has 2 rings (SSSR count). The highest BCUT2D eigenvalue weighted by Crippen LogP contribution is 2.32. The van der Waals surface area contributed by atoms with Crippen LogP contribution in [0.15, 0.2) is 18.2 Å². The third-order valence-electron chi connectivity index (χ3n) is 3.98. The first-order valence-corrected chi connectivity index (χ1v) is 7.05. The van der Waals surface area contributed by atoms with Crippen LogP contribution in [0, 0.1) is 5.92 Å². The molecule has 0 aromatic heterocycles. The summed E-state index contributed by atoms with van der Waals surface area (Å²) in [6, 6.07) is 4.92. The summed E-state index contributed by atoms with van der Waals surface area (Å²) in [4.78, 5) is 11.4. The molecule has 5 nitrogen and oxygen atoms in total. The first-order chi connectivity index (χ1) is 9.39. The Bertz CT molecular complexity index is 504. The van der Waals surface area contributed by atoms with E-state index in [4.69, 9.17) is 11.5 Å². The lowest BCUT2D eigenvalue weighted by molar-refractivity contribution is -0.000784. The van der Waals surface area contributed by atoms with E-state index in [9.17, 15) is 9.90 Å². The predicted molar refractivity (Wildman–Crippen MR) is 80.4 cm³/mol. The van der Waals surface area contributed by atoms with Crippen LogP contribution in [0.4, 0.5) is 11.4 Å². The molecule has 0 spiro atoms. The number of anilines is 2. The third-order valence-corrected chi connectivity index (χ3v) is 3.98. The lowest BCUT2D eigenvalue weighted by atomic mass is 9.79. The molecule has 0 bridgehead atoms. The van der Waals surface area contributed by atoms with Crippen LogP contribution in [0.3, 0.4) is 0 Å². The molecular formula is C15H23N3O2. The molecule has 5 heteroatoms. The van der Waals surface area contributed by atoms with Gasteiger partial charge >= 0.3 is 0 Å². The van der Waals surface area contributed by atoms with Crippen molar-refractivity contribution >= 4 is 17.3 Å². The van der Waals surface area contributed by atoms with Crippen LogP contribution in [0.25, 0.3) is 0 Å². The van der Waals surface area contributed by atoms with Crippen molar-refractivity contribution in [3.63, 3.8) is 0 Å². The van der Waals surface area contributed by atoms with Gasteiger partial charge in [-0.3, -0.25) is 4.79 Å². The Kier molecular flexibility index (Phi) is 4.18. The fourth-order valence-electron chi connectivity index (χ4n) is 2.98. The minimum Gasteiger partial charge on any atom is -0.399 e. The number of nitrogen functional groups attached to an aromatic ring is 1. The average molecular weight is 277 g/mol. The molecule has 110 valence electrons. The molecule has 2 unspecified atom stereocenters. The lowest BCUT2D eigenvalue weighted by Crippen LogP contribution is -2.41. The van der Waals surface area contributed by atoms with Gasteiger partial charge in [-0.05, 0) is 37.0 Å². The van der Waals surface area contributed by atoms with E-state index < -0.39 is 11.5 Å². The summed E-state index contributed by atoms with van der Waals surface area (Å²) in [7, 11) is 0. The Morgan fingerprint density at radius 3 is 2.95 bits per heavy atom. The highest BCUT2D eigenvalue weighted by atomic mass is 16.3. The van der Waals surface area contributed by atoms with E-state index >= 15 is 0 Å². The molecule has 0 saturated heterocycles. The number of hydrogen-bond acceptors (Lipinski definition) is 4. The fraction of sp³-hybridized carbons (Fsp3) is 0.533. The summed E-state index contributed by atoms with van der Waals surface area (Å²) >= 11 is 0. The zero-order chi connectivity index (χ0) is 14.8. The number of benzene rings is 1. The molecule has 1 aliphatic carbocycles. The molecular weight excluding hydrogens is 254 g/mol. The second-order valence-electron chi connectivity index (χ2n) is 5.95. The Morgan fingerprint density at radius 1 is 1.55 bits per heavy atom. The third kappa shape index (κ3) is 3.42. The number of nitrogens with one attached hydrogen (secondary N) is 1. The van der Waals surface area contributed by atoms with Crippen molar-refractivity contribution in [3.8, 4) is 0 Å². The maximum absolute atomic E-state index is 11.4. The number of primary amides is 1. The van der Waals surface area contributed by atoms with Gasteiger partial charge in [0.25, 0.3) is 5.91 Å². The quantitative estimate of drug-likeness (QED) is 0.629. The Balaban J connectivity index is 2.10. The van der Waals surface area contributed by atoms with E-state index in [1.807, 2.05) is 0 Å². The summed E-state index contributed by atoms with van der Waals surface area (Å²) in [6.07, 6.45) is 3.73. The summed E-state index contributed by atoms with van der Waals surface area (Å²) in [5, 5.41) is 13.7. The van der Waals surface area contributed by atoms with Crippen molar-refractivity contribution in [1.82, 2.24) is 0 Å². The van der Waals surface area contributed by atoms with Crippen LogP contribution in [0.5, 0.6) is 0 Å². The van der Waals surface area contributed by atoms with Crippen LogP contribution in [0.2, 0.25) is 0 Å². The first-order valence-electron chi connectivity index (χ1n) is 7.05. The van der Waals surface area contributed by atoms with Crippen LogP contribution >= 0.6 is 0 Å². The molecule has 1 aromatic carbocycles. The SMILES string of the molecule is CC1CCCC(O)(CNc2cc(N)ccc2C(N)=O)C1. The van der Waals surface area contributed by atoms with Crippen molar-refractivity contribution in [2.45, 2.75) is 38.2 Å². The van der Waals surface area contributed by atoms with Gasteiger partial charge in [0.1, 0.15) is 0 Å². The van der Waals surface area contributed by atoms with Gasteiger partial charge in [0.15, 0.2) is 0 Å². The van der Waals surface area contributed by atoms with Crippen molar-refractivity contribution in [1.29, 1.82) is 0 Å². The van der Waals surface area contributed by atoms with Crippen LogP contribution < -0.4 is 16.8 Å². The van der Waals surface area contributed by atoms with Gasteiger partial charge in [-0.25, -0.2) is 0 Å². The highest BCUT2D eigenvalue weighted by molar-refractivity contribution is 5.99. The molecule has 1 saturated carbocycles. The molecule has 6 N–H and O–H groups in total. The number of carbonyl (C=O) groups is 1. The van der Waals surface area contributed by atoms with Gasteiger partial charge in [0.05, 0.1) is 11.2 Å². The Morgan fingerprint density at radius 2 is 2.30 bits per heavy atom. The number of hydrogen-bond donors (Lipinski definition) is 4. The summed E-state index contributed by atoms with van der Waals surface area (Å²) in [6.45, 7) is 2.56. The average Bonchev–Trinajstić information content (AvgIpc) is 2.36. The van der Waals surface area contributed by atoms with Crippen molar-refractivity contribution in [2.24, 2.45) is 11.7 Å². The number of aliphatic hydroxyl groups is 1. The number of amides is 1. The summed E-state index contributed by atoms with van der Waals surface area (Å²) in [5.41, 5.74) is 11.9. The number of carbonyl (C=O) groups excluding carboxylic acids is 1. The van der Waals surface area contributed by atoms with Crippen LogP contribution in [-0.2, 0) is 0 Å². The molecule has 0 heterocycles. The van der Waals surface area contributed by atoms with Crippen molar-refractivity contribution in [2.75, 3.05) is 17.6 Å². The number of nitrogens with two attached hydrogens (primary N) is 2. The van der Waals surface area contributed by atoms with E-state index in [0.29, 0.717) is 29.4 Å². The Hall–Kier alpha value is -1.75. The minimum absolute atomic E-state index is 0.395. The van der Waals surface area contributed by atoms with E-state index in [0.717, 1.165) is 25.7 Å². The smallest absolute Gasteiger partial charge is 0.250 e. The molecule has 1 amide bonds. The first kappa shape index (κ1) is 14.7. The topological polar surface area (TPSA) is 101 Å². The monoisotopic (exact) mass is 277 g/mol. The highest BCUT2D eigenvalue weighted by Gasteiger charge is 2.32. The lowest BCUT2D eigenvalue weighted by Gasteiger charge is -2.36. The van der Waals surface area contributed by atoms with Gasteiger partial charge in [-0.15, -0.1) is 0 Å². The fourth-order valence-corrected chi connectivity index (χ4v) is 2.98. The van der Waals surface area contributed by atoms with Gasteiger partial charge in [-0.2, -0.15) is 0 Å². The largest absolute Gasteiger partial charge is 0.399 e. The second kappa shape index (κ2) is 5.71. The van der Waals surface area contributed by atoms with Crippen LogP contribution in [-0.4, -0.2) is 23.2 Å². The summed E-state index contributed by atoms with van der Waals surface area (Å²) < 4.78 is 0. The molecule has 1 aromatic rings. The standard InChI is InChI=1S/C15H23N3O2/c1-10-3-2-6-15(20,8-10)9-18-13-7-11(16)4-5-12(13)14(17)19/h4-5,7,10,18,20H,2-3,6,8-9,16H2,1H3,(H2,17,19). The predicted octanol–water partition coefficient (Wildman–Crippen LogP) is 1.72. The molecule has 2 atom stereocenters. The molecule has 1 aliphatic rings. The van der Waals surface area contributed by atoms with Gasteiger partial charge in [0.2, 0.25) is 0 Å². The number of rotatable bonds is 4. The van der Waals surface area contributed by atoms with Crippen molar-refractivity contribution in [3.05, 3.63) is 23.8 Å². The summed E-state index contributed by atoms with van der Waals surface area (Å²) in [5.74, 6) is 0.0171. The molecule has 1 fully saturated rings.